The quantitative estimate of drug-likeness (QED) is 0.820. The Kier molecular flexibility index (Phi) is 2.83. The molecule has 1 nitrogen and oxygen atoms in total. The summed E-state index contributed by atoms with van der Waals surface area (Å²) in [7, 11) is 0. The van der Waals surface area contributed by atoms with Crippen molar-refractivity contribution in [3.05, 3.63) is 35.9 Å². The summed E-state index contributed by atoms with van der Waals surface area (Å²) in [5, 5.41) is 10.7. The first kappa shape index (κ1) is 11.7. The summed E-state index contributed by atoms with van der Waals surface area (Å²) in [5.74, 6) is 0.493. The molecule has 0 amide bonds. The van der Waals surface area contributed by atoms with Gasteiger partial charge in [-0.3, -0.25) is 0 Å². The van der Waals surface area contributed by atoms with Gasteiger partial charge in [-0.1, -0.05) is 57.5 Å². The third-order valence-electron chi connectivity index (χ3n) is 4.29. The lowest BCUT2D eigenvalue weighted by atomic mass is 9.76. The summed E-state index contributed by atoms with van der Waals surface area (Å²) < 4.78 is 0. The number of rotatable bonds is 4. The fraction of sp³-hybridized carbons (Fsp3) is 0.600. The van der Waals surface area contributed by atoms with Gasteiger partial charge in [-0.2, -0.15) is 0 Å². The topological polar surface area (TPSA) is 20.2 Å². The molecule has 0 aliphatic heterocycles. The molecule has 1 aliphatic rings. The number of aliphatic hydroxyl groups is 1. The smallest absolute Gasteiger partial charge is 0.0771 e. The fourth-order valence-corrected chi connectivity index (χ4v) is 2.88. The van der Waals surface area contributed by atoms with Crippen LogP contribution in [0.1, 0.15) is 45.6 Å². The van der Waals surface area contributed by atoms with Crippen molar-refractivity contribution in [3.63, 3.8) is 0 Å². The minimum Gasteiger partial charge on any atom is -0.389 e. The van der Waals surface area contributed by atoms with E-state index in [1.807, 2.05) is 6.07 Å². The second-order valence-electron chi connectivity index (χ2n) is 5.61. The standard InChI is InChI=1S/C15H22O/c1-4-8-13-11-15(13,16)14(2,3)12-9-6-5-7-10-12/h5-7,9-10,13,16H,4,8,11H2,1-3H3. The molecule has 16 heavy (non-hydrogen) atoms. The van der Waals surface area contributed by atoms with Crippen molar-refractivity contribution in [3.8, 4) is 0 Å². The molecule has 2 unspecified atom stereocenters. The Morgan fingerprint density at radius 2 is 1.94 bits per heavy atom. The van der Waals surface area contributed by atoms with Crippen molar-refractivity contribution in [2.45, 2.75) is 51.0 Å². The van der Waals surface area contributed by atoms with Crippen LogP contribution in [0, 0.1) is 5.92 Å². The van der Waals surface area contributed by atoms with E-state index in [4.69, 9.17) is 0 Å². The predicted octanol–water partition coefficient (Wildman–Crippen LogP) is 3.52. The molecule has 0 heterocycles. The normalized spacial score (nSPS) is 29.1. The van der Waals surface area contributed by atoms with Crippen molar-refractivity contribution < 1.29 is 5.11 Å². The summed E-state index contributed by atoms with van der Waals surface area (Å²) in [6.45, 7) is 6.52. The van der Waals surface area contributed by atoms with Gasteiger partial charge in [0.2, 0.25) is 0 Å². The maximum atomic E-state index is 10.7. The van der Waals surface area contributed by atoms with Crippen molar-refractivity contribution in [2.24, 2.45) is 5.92 Å². The molecule has 2 atom stereocenters. The Balaban J connectivity index is 2.21. The summed E-state index contributed by atoms with van der Waals surface area (Å²) >= 11 is 0. The van der Waals surface area contributed by atoms with Crippen molar-refractivity contribution in [1.82, 2.24) is 0 Å². The van der Waals surface area contributed by atoms with Gasteiger partial charge in [0.05, 0.1) is 5.60 Å². The van der Waals surface area contributed by atoms with Gasteiger partial charge in [-0.15, -0.1) is 0 Å². The molecule has 0 spiro atoms. The number of hydrogen-bond acceptors (Lipinski definition) is 1. The van der Waals surface area contributed by atoms with Crippen LogP contribution in [0.15, 0.2) is 30.3 Å². The molecule has 88 valence electrons. The van der Waals surface area contributed by atoms with Crippen molar-refractivity contribution in [1.29, 1.82) is 0 Å². The van der Waals surface area contributed by atoms with Crippen LogP contribution in [0.2, 0.25) is 0 Å². The highest BCUT2D eigenvalue weighted by Crippen LogP contribution is 2.57. The summed E-state index contributed by atoms with van der Waals surface area (Å²) in [5.41, 5.74) is 0.634. The molecule has 1 heteroatoms. The lowest BCUT2D eigenvalue weighted by molar-refractivity contribution is 0.0555. The maximum Gasteiger partial charge on any atom is 0.0771 e. The van der Waals surface area contributed by atoms with Gasteiger partial charge in [-0.25, -0.2) is 0 Å². The summed E-state index contributed by atoms with van der Waals surface area (Å²) in [6, 6.07) is 10.4. The van der Waals surface area contributed by atoms with E-state index in [9.17, 15) is 5.11 Å². The Morgan fingerprint density at radius 3 is 2.50 bits per heavy atom. The zero-order valence-corrected chi connectivity index (χ0v) is 10.5. The lowest BCUT2D eigenvalue weighted by Gasteiger charge is -2.32. The van der Waals surface area contributed by atoms with Crippen LogP contribution in [0.5, 0.6) is 0 Å². The van der Waals surface area contributed by atoms with Gasteiger partial charge in [0, 0.05) is 5.41 Å². The molecule has 0 aromatic heterocycles. The van der Waals surface area contributed by atoms with Crippen LogP contribution in [0.4, 0.5) is 0 Å². The SMILES string of the molecule is CCCC1CC1(O)C(C)(C)c1ccccc1. The number of hydrogen-bond donors (Lipinski definition) is 1. The maximum absolute atomic E-state index is 10.7. The Bertz CT molecular complexity index is 355. The van der Waals surface area contributed by atoms with E-state index < -0.39 is 5.60 Å². The Labute approximate surface area is 98.5 Å². The molecular formula is C15H22O. The molecule has 1 aromatic carbocycles. The van der Waals surface area contributed by atoms with Gasteiger partial charge in [-0.05, 0) is 24.3 Å². The van der Waals surface area contributed by atoms with Crippen LogP contribution in [-0.2, 0) is 5.41 Å². The van der Waals surface area contributed by atoms with Gasteiger partial charge < -0.3 is 5.11 Å². The van der Waals surface area contributed by atoms with E-state index in [0.717, 1.165) is 19.3 Å². The van der Waals surface area contributed by atoms with E-state index in [1.54, 1.807) is 0 Å². The molecule has 1 N–H and O–H groups in total. The van der Waals surface area contributed by atoms with Gasteiger partial charge >= 0.3 is 0 Å². The second-order valence-corrected chi connectivity index (χ2v) is 5.61. The molecule has 1 saturated carbocycles. The molecular weight excluding hydrogens is 196 g/mol. The molecule has 0 saturated heterocycles. The Morgan fingerprint density at radius 1 is 1.31 bits per heavy atom. The summed E-state index contributed by atoms with van der Waals surface area (Å²) in [4.78, 5) is 0. The highest BCUT2D eigenvalue weighted by molar-refractivity contribution is 5.32. The van der Waals surface area contributed by atoms with Crippen LogP contribution in [0.25, 0.3) is 0 Å². The third kappa shape index (κ3) is 1.67. The van der Waals surface area contributed by atoms with Crippen molar-refractivity contribution >= 4 is 0 Å². The fourth-order valence-electron chi connectivity index (χ4n) is 2.88. The molecule has 1 fully saturated rings. The highest BCUT2D eigenvalue weighted by atomic mass is 16.3. The molecule has 1 aromatic rings. The third-order valence-corrected chi connectivity index (χ3v) is 4.29. The van der Waals surface area contributed by atoms with E-state index in [1.165, 1.54) is 5.56 Å². The molecule has 0 radical (unpaired) electrons. The van der Waals surface area contributed by atoms with E-state index in [-0.39, 0.29) is 5.41 Å². The average Bonchev–Trinajstić information content (AvgIpc) is 2.93. The molecule has 1 aliphatic carbocycles. The lowest BCUT2D eigenvalue weighted by Crippen LogP contribution is -2.37. The predicted molar refractivity (Wildman–Crippen MR) is 67.4 cm³/mol. The van der Waals surface area contributed by atoms with E-state index in [0.29, 0.717) is 5.92 Å². The zero-order valence-electron chi connectivity index (χ0n) is 10.5. The largest absolute Gasteiger partial charge is 0.389 e. The van der Waals surface area contributed by atoms with Crippen LogP contribution >= 0.6 is 0 Å². The molecule has 0 bridgehead atoms. The minimum absolute atomic E-state index is 0.131. The summed E-state index contributed by atoms with van der Waals surface area (Å²) in [6.07, 6.45) is 3.27. The van der Waals surface area contributed by atoms with Crippen LogP contribution < -0.4 is 0 Å². The first-order chi connectivity index (χ1) is 7.52. The second kappa shape index (κ2) is 3.89. The van der Waals surface area contributed by atoms with E-state index in [2.05, 4.69) is 45.0 Å². The highest BCUT2D eigenvalue weighted by Gasteiger charge is 2.61. The minimum atomic E-state index is -0.482. The number of benzene rings is 1. The Hall–Kier alpha value is -0.820. The van der Waals surface area contributed by atoms with Gasteiger partial charge in [0.15, 0.2) is 0 Å². The van der Waals surface area contributed by atoms with Crippen molar-refractivity contribution in [2.75, 3.05) is 0 Å². The molecule has 2 rings (SSSR count). The first-order valence-electron chi connectivity index (χ1n) is 6.30. The first-order valence-corrected chi connectivity index (χ1v) is 6.30. The van der Waals surface area contributed by atoms with Crippen LogP contribution in [0.3, 0.4) is 0 Å². The van der Waals surface area contributed by atoms with Gasteiger partial charge in [0.1, 0.15) is 0 Å². The van der Waals surface area contributed by atoms with E-state index >= 15 is 0 Å². The zero-order chi connectivity index (χ0) is 11.8. The van der Waals surface area contributed by atoms with Crippen LogP contribution in [-0.4, -0.2) is 10.7 Å². The van der Waals surface area contributed by atoms with Gasteiger partial charge in [0.25, 0.3) is 0 Å². The monoisotopic (exact) mass is 218 g/mol. The average molecular weight is 218 g/mol.